The highest BCUT2D eigenvalue weighted by Gasteiger charge is 2.19. The molecule has 1 unspecified atom stereocenters. The van der Waals surface area contributed by atoms with E-state index < -0.39 is 0 Å². The van der Waals surface area contributed by atoms with Crippen molar-refractivity contribution in [3.05, 3.63) is 0 Å². The van der Waals surface area contributed by atoms with Crippen LogP contribution in [0.3, 0.4) is 0 Å². The van der Waals surface area contributed by atoms with E-state index >= 15 is 0 Å². The Hall–Kier alpha value is -0.420. The van der Waals surface area contributed by atoms with Gasteiger partial charge in [-0.05, 0) is 25.1 Å². The van der Waals surface area contributed by atoms with Gasteiger partial charge < -0.3 is 10.9 Å². The van der Waals surface area contributed by atoms with Crippen LogP contribution >= 0.6 is 11.8 Å². The van der Waals surface area contributed by atoms with Crippen LogP contribution in [-0.2, 0) is 0 Å². The van der Waals surface area contributed by atoms with Crippen LogP contribution in [0.25, 0.3) is 0 Å². The van der Waals surface area contributed by atoms with Gasteiger partial charge in [-0.25, -0.2) is 0 Å². The molecule has 15 heavy (non-hydrogen) atoms. The molecule has 1 saturated heterocycles. The van der Waals surface area contributed by atoms with Crippen LogP contribution in [0.5, 0.6) is 0 Å². The summed E-state index contributed by atoms with van der Waals surface area (Å²) in [5.74, 6) is 2.81. The fourth-order valence-electron chi connectivity index (χ4n) is 1.94. The molecule has 1 rings (SSSR count). The van der Waals surface area contributed by atoms with Crippen LogP contribution < -0.4 is 5.73 Å². The summed E-state index contributed by atoms with van der Waals surface area (Å²) in [5, 5.41) is 11.6. The first-order valence-corrected chi connectivity index (χ1v) is 6.71. The second-order valence-corrected chi connectivity index (χ2v) is 5.08. The van der Waals surface area contributed by atoms with Gasteiger partial charge in [0.15, 0.2) is 0 Å². The predicted octanol–water partition coefficient (Wildman–Crippen LogP) is 1.34. The van der Waals surface area contributed by atoms with Crippen molar-refractivity contribution in [1.82, 2.24) is 4.90 Å². The van der Waals surface area contributed by atoms with Gasteiger partial charge in [-0.1, -0.05) is 12.1 Å². The van der Waals surface area contributed by atoms with Gasteiger partial charge in [-0.15, -0.1) is 0 Å². The minimum absolute atomic E-state index is 0.346. The normalized spacial score (nSPS) is 22.3. The molecule has 0 radical (unpaired) electrons. The second-order valence-electron chi connectivity index (χ2n) is 3.86. The smallest absolute Gasteiger partial charge is 0.140 e. The fraction of sp³-hybridized carbons (Fsp3) is 0.900. The number of oxime groups is 1. The standard InChI is InChI=1S/C10H21N3OS/c1-2-9(8-10(11)12-14)13-4-3-6-15-7-5-13/h9,14H,2-8H2,1H3,(H2,11,12). The molecule has 1 fully saturated rings. The monoisotopic (exact) mass is 231 g/mol. The minimum atomic E-state index is 0.346. The van der Waals surface area contributed by atoms with Crippen molar-refractivity contribution in [2.45, 2.75) is 32.2 Å². The van der Waals surface area contributed by atoms with E-state index in [1.165, 1.54) is 17.9 Å². The summed E-state index contributed by atoms with van der Waals surface area (Å²) >= 11 is 2.02. The maximum absolute atomic E-state index is 8.57. The van der Waals surface area contributed by atoms with Crippen molar-refractivity contribution in [3.8, 4) is 0 Å². The molecule has 0 saturated carbocycles. The molecule has 4 nitrogen and oxygen atoms in total. The Morgan fingerprint density at radius 1 is 1.53 bits per heavy atom. The SMILES string of the molecule is CCC(CC(N)=NO)N1CCCSCC1. The van der Waals surface area contributed by atoms with Crippen LogP contribution in [0.4, 0.5) is 0 Å². The summed E-state index contributed by atoms with van der Waals surface area (Å²) in [5.41, 5.74) is 5.56. The van der Waals surface area contributed by atoms with Gasteiger partial charge in [0.2, 0.25) is 0 Å². The Kier molecular flexibility index (Phi) is 5.86. The molecular formula is C10H21N3OS. The molecule has 1 heterocycles. The lowest BCUT2D eigenvalue weighted by atomic mass is 10.1. The van der Waals surface area contributed by atoms with Crippen molar-refractivity contribution in [3.63, 3.8) is 0 Å². The summed E-state index contributed by atoms with van der Waals surface area (Å²) in [7, 11) is 0. The summed E-state index contributed by atoms with van der Waals surface area (Å²) in [6.07, 6.45) is 2.98. The zero-order valence-corrected chi connectivity index (χ0v) is 10.2. The van der Waals surface area contributed by atoms with Crippen LogP contribution in [0, 0.1) is 0 Å². The molecular weight excluding hydrogens is 210 g/mol. The van der Waals surface area contributed by atoms with Gasteiger partial charge in [0.1, 0.15) is 5.84 Å². The number of hydrogen-bond donors (Lipinski definition) is 2. The van der Waals surface area contributed by atoms with Crippen molar-refractivity contribution in [2.75, 3.05) is 24.6 Å². The van der Waals surface area contributed by atoms with E-state index in [4.69, 9.17) is 10.9 Å². The number of thioether (sulfide) groups is 1. The average molecular weight is 231 g/mol. The second kappa shape index (κ2) is 6.95. The Morgan fingerprint density at radius 2 is 2.33 bits per heavy atom. The molecule has 0 bridgehead atoms. The van der Waals surface area contributed by atoms with E-state index in [1.807, 2.05) is 11.8 Å². The molecule has 1 aliphatic rings. The quantitative estimate of drug-likeness (QED) is 0.332. The predicted molar refractivity (Wildman–Crippen MR) is 65.6 cm³/mol. The van der Waals surface area contributed by atoms with E-state index in [0.29, 0.717) is 18.3 Å². The number of nitrogens with zero attached hydrogens (tertiary/aromatic N) is 2. The molecule has 0 spiro atoms. The summed E-state index contributed by atoms with van der Waals surface area (Å²) in [4.78, 5) is 2.47. The van der Waals surface area contributed by atoms with Gasteiger partial charge >= 0.3 is 0 Å². The summed E-state index contributed by atoms with van der Waals surface area (Å²) in [6, 6.07) is 0.430. The first-order valence-electron chi connectivity index (χ1n) is 5.56. The first kappa shape index (κ1) is 12.6. The van der Waals surface area contributed by atoms with E-state index in [0.717, 1.165) is 19.5 Å². The van der Waals surface area contributed by atoms with Gasteiger partial charge in [0.05, 0.1) is 0 Å². The molecule has 0 aromatic heterocycles. The number of hydrogen-bond acceptors (Lipinski definition) is 4. The zero-order valence-electron chi connectivity index (χ0n) is 9.35. The number of amidine groups is 1. The lowest BCUT2D eigenvalue weighted by molar-refractivity contribution is 0.208. The lowest BCUT2D eigenvalue weighted by Gasteiger charge is -2.29. The molecule has 0 aromatic carbocycles. The fourth-order valence-corrected chi connectivity index (χ4v) is 2.85. The largest absolute Gasteiger partial charge is 0.409 e. The van der Waals surface area contributed by atoms with Crippen molar-refractivity contribution in [2.24, 2.45) is 10.9 Å². The molecule has 3 N–H and O–H groups in total. The third-order valence-electron chi connectivity index (χ3n) is 2.82. The minimum Gasteiger partial charge on any atom is -0.409 e. The van der Waals surface area contributed by atoms with E-state index in [-0.39, 0.29) is 0 Å². The van der Waals surface area contributed by atoms with Gasteiger partial charge in [-0.3, -0.25) is 4.90 Å². The maximum Gasteiger partial charge on any atom is 0.140 e. The molecule has 0 aliphatic carbocycles. The van der Waals surface area contributed by atoms with Crippen LogP contribution in [0.1, 0.15) is 26.2 Å². The highest BCUT2D eigenvalue weighted by atomic mass is 32.2. The lowest BCUT2D eigenvalue weighted by Crippen LogP contribution is -2.39. The topological polar surface area (TPSA) is 61.9 Å². The molecule has 1 aliphatic heterocycles. The van der Waals surface area contributed by atoms with E-state index in [1.54, 1.807) is 0 Å². The first-order chi connectivity index (χ1) is 7.27. The zero-order chi connectivity index (χ0) is 11.1. The summed E-state index contributed by atoms with van der Waals surface area (Å²) < 4.78 is 0. The molecule has 0 aromatic rings. The van der Waals surface area contributed by atoms with Gasteiger partial charge in [0.25, 0.3) is 0 Å². The number of nitrogens with two attached hydrogens (primary N) is 1. The van der Waals surface area contributed by atoms with Crippen LogP contribution in [0.15, 0.2) is 5.16 Å². The molecule has 1 atom stereocenters. The van der Waals surface area contributed by atoms with Crippen LogP contribution in [-0.4, -0.2) is 46.6 Å². The highest BCUT2D eigenvalue weighted by Crippen LogP contribution is 2.16. The van der Waals surface area contributed by atoms with E-state index in [2.05, 4.69) is 17.0 Å². The van der Waals surface area contributed by atoms with Crippen molar-refractivity contribution in [1.29, 1.82) is 0 Å². The van der Waals surface area contributed by atoms with Crippen molar-refractivity contribution >= 4 is 17.6 Å². The van der Waals surface area contributed by atoms with Crippen molar-refractivity contribution < 1.29 is 5.21 Å². The van der Waals surface area contributed by atoms with Gasteiger partial charge in [-0.2, -0.15) is 11.8 Å². The Bertz CT molecular complexity index is 203. The third kappa shape index (κ3) is 4.30. The Labute approximate surface area is 95.9 Å². The average Bonchev–Trinajstić information content (AvgIpc) is 2.54. The summed E-state index contributed by atoms with van der Waals surface area (Å²) in [6.45, 7) is 4.43. The number of rotatable bonds is 4. The Morgan fingerprint density at radius 3 is 3.00 bits per heavy atom. The molecule has 0 amide bonds. The third-order valence-corrected chi connectivity index (χ3v) is 3.87. The molecule has 5 heteroatoms. The maximum atomic E-state index is 8.57. The molecule has 88 valence electrons. The Balaban J connectivity index is 2.47. The van der Waals surface area contributed by atoms with Gasteiger partial charge in [0, 0.05) is 24.8 Å². The van der Waals surface area contributed by atoms with E-state index in [9.17, 15) is 0 Å². The highest BCUT2D eigenvalue weighted by molar-refractivity contribution is 7.99. The van der Waals surface area contributed by atoms with Crippen LogP contribution in [0.2, 0.25) is 0 Å².